The van der Waals surface area contributed by atoms with Gasteiger partial charge in [0.05, 0.1) is 11.7 Å². The van der Waals surface area contributed by atoms with Gasteiger partial charge in [-0.1, -0.05) is 6.07 Å². The van der Waals surface area contributed by atoms with Crippen molar-refractivity contribution in [1.82, 2.24) is 0 Å². The third kappa shape index (κ3) is 2.36. The number of amides is 1. The molecule has 1 amide bonds. The van der Waals surface area contributed by atoms with Crippen LogP contribution in [0.2, 0.25) is 0 Å². The molecule has 0 saturated heterocycles. The van der Waals surface area contributed by atoms with Crippen LogP contribution in [0.25, 0.3) is 0 Å². The Balaban J connectivity index is 1.93. The third-order valence-electron chi connectivity index (χ3n) is 2.90. The highest BCUT2D eigenvalue weighted by Gasteiger charge is 2.19. The number of carbonyl (C=O) groups excluding carboxylic acids is 1. The molecule has 1 unspecified atom stereocenters. The quantitative estimate of drug-likeness (QED) is 0.890. The Morgan fingerprint density at radius 3 is 2.89 bits per heavy atom. The second-order valence-electron chi connectivity index (χ2n) is 4.21. The van der Waals surface area contributed by atoms with Crippen LogP contribution in [-0.4, -0.2) is 12.5 Å². The first-order valence-corrected chi connectivity index (χ1v) is 6.50. The van der Waals surface area contributed by atoms with Crippen LogP contribution in [0.3, 0.4) is 0 Å². The number of ether oxygens (including phenoxy) is 1. The summed E-state index contributed by atoms with van der Waals surface area (Å²) in [6.45, 7) is 0.0452. The van der Waals surface area contributed by atoms with Crippen molar-refractivity contribution in [3.8, 4) is 5.75 Å². The Bertz CT molecular complexity index is 639. The highest BCUT2D eigenvalue weighted by molar-refractivity contribution is 9.10. The molecule has 1 aliphatic heterocycles. The highest BCUT2D eigenvalue weighted by atomic mass is 79.9. The van der Waals surface area contributed by atoms with E-state index in [1.807, 2.05) is 12.1 Å². The van der Waals surface area contributed by atoms with Gasteiger partial charge in [0.15, 0.2) is 11.3 Å². The minimum absolute atomic E-state index is 0.0452. The molecule has 1 atom stereocenters. The van der Waals surface area contributed by atoms with Crippen molar-refractivity contribution in [2.45, 2.75) is 6.04 Å². The maximum Gasteiger partial charge on any atom is 0.262 e. The zero-order chi connectivity index (χ0) is 13.4. The average molecular weight is 323 g/mol. The number of nitrogens with one attached hydrogen (secondary N) is 1. The van der Waals surface area contributed by atoms with E-state index in [0.717, 1.165) is 5.56 Å². The summed E-state index contributed by atoms with van der Waals surface area (Å²) >= 11 is 3.24. The number of fused-ring (bicyclic) bond motifs is 1. The first-order valence-electron chi connectivity index (χ1n) is 5.71. The van der Waals surface area contributed by atoms with E-state index in [4.69, 9.17) is 14.9 Å². The fourth-order valence-corrected chi connectivity index (χ4v) is 2.27. The van der Waals surface area contributed by atoms with E-state index in [2.05, 4.69) is 21.2 Å². The Kier molecular flexibility index (Phi) is 3.04. The van der Waals surface area contributed by atoms with Crippen LogP contribution < -0.4 is 15.8 Å². The van der Waals surface area contributed by atoms with Crippen molar-refractivity contribution in [1.29, 1.82) is 0 Å². The minimum atomic E-state index is -0.393. The Morgan fingerprint density at radius 2 is 2.16 bits per heavy atom. The van der Waals surface area contributed by atoms with Crippen LogP contribution in [0, 0.1) is 0 Å². The van der Waals surface area contributed by atoms with Gasteiger partial charge in [-0.15, -0.1) is 0 Å². The lowest BCUT2D eigenvalue weighted by Gasteiger charge is -2.19. The molecule has 19 heavy (non-hydrogen) atoms. The van der Waals surface area contributed by atoms with Crippen molar-refractivity contribution >= 4 is 27.5 Å². The first-order chi connectivity index (χ1) is 9.13. The van der Waals surface area contributed by atoms with Gasteiger partial charge < -0.3 is 20.2 Å². The summed E-state index contributed by atoms with van der Waals surface area (Å²) in [5.74, 6) is 1.13. The van der Waals surface area contributed by atoms with Crippen molar-refractivity contribution in [3.63, 3.8) is 0 Å². The van der Waals surface area contributed by atoms with Crippen molar-refractivity contribution < 1.29 is 13.9 Å². The maximum absolute atomic E-state index is 11.3. The molecule has 5 nitrogen and oxygen atoms in total. The fourth-order valence-electron chi connectivity index (χ4n) is 1.95. The normalized spacial score (nSPS) is 15.4. The smallest absolute Gasteiger partial charge is 0.262 e. The van der Waals surface area contributed by atoms with Gasteiger partial charge >= 0.3 is 0 Å². The zero-order valence-corrected chi connectivity index (χ0v) is 11.4. The molecular weight excluding hydrogens is 312 g/mol. The van der Waals surface area contributed by atoms with Crippen LogP contribution in [0.15, 0.2) is 39.4 Å². The summed E-state index contributed by atoms with van der Waals surface area (Å²) in [5.41, 5.74) is 7.60. The van der Waals surface area contributed by atoms with Gasteiger partial charge in [-0.05, 0) is 45.8 Å². The number of rotatable bonds is 2. The van der Waals surface area contributed by atoms with Gasteiger partial charge in [0.25, 0.3) is 5.91 Å². The number of hydrogen-bond acceptors (Lipinski definition) is 4. The van der Waals surface area contributed by atoms with Gasteiger partial charge in [-0.3, -0.25) is 4.79 Å². The molecule has 3 N–H and O–H groups in total. The van der Waals surface area contributed by atoms with Gasteiger partial charge in [0.1, 0.15) is 11.5 Å². The topological polar surface area (TPSA) is 77.5 Å². The molecule has 98 valence electrons. The van der Waals surface area contributed by atoms with E-state index in [-0.39, 0.29) is 12.5 Å². The van der Waals surface area contributed by atoms with E-state index < -0.39 is 6.04 Å². The Morgan fingerprint density at radius 1 is 1.32 bits per heavy atom. The number of furan rings is 1. The van der Waals surface area contributed by atoms with Crippen molar-refractivity contribution in [2.24, 2.45) is 5.73 Å². The second kappa shape index (κ2) is 4.71. The summed E-state index contributed by atoms with van der Waals surface area (Å²) in [7, 11) is 0. The van der Waals surface area contributed by atoms with Gasteiger partial charge in [-0.25, -0.2) is 0 Å². The van der Waals surface area contributed by atoms with Crippen LogP contribution in [-0.2, 0) is 4.79 Å². The zero-order valence-electron chi connectivity index (χ0n) is 9.85. The van der Waals surface area contributed by atoms with Crippen LogP contribution in [0.1, 0.15) is 17.4 Å². The number of hydrogen-bond donors (Lipinski definition) is 2. The average Bonchev–Trinajstić information content (AvgIpc) is 2.83. The number of halogens is 1. The Hall–Kier alpha value is -1.79. The van der Waals surface area contributed by atoms with Crippen LogP contribution >= 0.6 is 15.9 Å². The number of anilines is 1. The van der Waals surface area contributed by atoms with E-state index in [1.165, 1.54) is 0 Å². The molecule has 2 aromatic rings. The summed E-state index contributed by atoms with van der Waals surface area (Å²) in [5, 5.41) is 2.75. The van der Waals surface area contributed by atoms with Crippen LogP contribution in [0.4, 0.5) is 5.69 Å². The molecule has 0 aliphatic carbocycles. The molecule has 1 aliphatic rings. The number of benzene rings is 1. The molecule has 0 bridgehead atoms. The predicted octanol–water partition coefficient (Wildman–Crippen LogP) is 2.42. The van der Waals surface area contributed by atoms with Gasteiger partial charge in [0, 0.05) is 0 Å². The second-order valence-corrected chi connectivity index (χ2v) is 4.99. The predicted molar refractivity (Wildman–Crippen MR) is 73.0 cm³/mol. The molecule has 0 radical (unpaired) electrons. The highest BCUT2D eigenvalue weighted by Crippen LogP contribution is 2.32. The van der Waals surface area contributed by atoms with Crippen molar-refractivity contribution in [3.05, 3.63) is 46.3 Å². The van der Waals surface area contributed by atoms with E-state index in [0.29, 0.717) is 21.9 Å². The third-order valence-corrected chi connectivity index (χ3v) is 3.32. The molecular formula is C13H11BrN2O3. The van der Waals surface area contributed by atoms with E-state index >= 15 is 0 Å². The summed E-state index contributed by atoms with van der Waals surface area (Å²) in [6, 6.07) is 8.66. The summed E-state index contributed by atoms with van der Waals surface area (Å²) in [4.78, 5) is 11.3. The van der Waals surface area contributed by atoms with E-state index in [9.17, 15) is 4.79 Å². The lowest BCUT2D eigenvalue weighted by atomic mass is 10.0. The number of nitrogens with two attached hydrogens (primary N) is 1. The van der Waals surface area contributed by atoms with Crippen LogP contribution in [0.5, 0.6) is 5.75 Å². The molecule has 1 aromatic carbocycles. The number of carbonyl (C=O) groups is 1. The lowest BCUT2D eigenvalue weighted by Crippen LogP contribution is -2.25. The monoisotopic (exact) mass is 322 g/mol. The van der Waals surface area contributed by atoms with Gasteiger partial charge in [0.2, 0.25) is 0 Å². The molecule has 1 aromatic heterocycles. The Labute approximate surface area is 117 Å². The summed E-state index contributed by atoms with van der Waals surface area (Å²) < 4.78 is 11.4. The van der Waals surface area contributed by atoms with E-state index in [1.54, 1.807) is 18.2 Å². The van der Waals surface area contributed by atoms with Gasteiger partial charge in [-0.2, -0.15) is 0 Å². The largest absolute Gasteiger partial charge is 0.482 e. The van der Waals surface area contributed by atoms with Crippen molar-refractivity contribution in [2.75, 3.05) is 11.9 Å². The summed E-state index contributed by atoms with van der Waals surface area (Å²) in [6.07, 6.45) is 0. The molecule has 3 rings (SSSR count). The first kappa shape index (κ1) is 12.3. The molecule has 0 saturated carbocycles. The maximum atomic E-state index is 11.3. The fraction of sp³-hybridized carbons (Fsp3) is 0.154. The molecule has 6 heteroatoms. The molecule has 0 fully saturated rings. The lowest BCUT2D eigenvalue weighted by molar-refractivity contribution is -0.118. The molecule has 2 heterocycles. The standard InChI is InChI=1S/C13H11BrN2O3/c14-11-4-3-10(19-11)13(15)7-1-2-9-8(5-7)16-12(17)6-18-9/h1-5,13H,6,15H2,(H,16,17). The molecule has 0 spiro atoms. The SMILES string of the molecule is NC(c1ccc2c(c1)NC(=O)CO2)c1ccc(Br)o1. The minimum Gasteiger partial charge on any atom is -0.482 e.